The van der Waals surface area contributed by atoms with E-state index in [-0.39, 0.29) is 35.4 Å². The van der Waals surface area contributed by atoms with Crippen LogP contribution < -0.4 is 20.9 Å². The van der Waals surface area contributed by atoms with E-state index in [4.69, 9.17) is 43.1 Å². The summed E-state index contributed by atoms with van der Waals surface area (Å²) in [6.45, 7) is 2.79. The first-order valence-corrected chi connectivity index (χ1v) is 13.9. The summed E-state index contributed by atoms with van der Waals surface area (Å²) < 4.78 is 18.4. The molecule has 1 aromatic heterocycles. The third-order valence-electron chi connectivity index (χ3n) is 7.98. The van der Waals surface area contributed by atoms with Crippen LogP contribution in [0.25, 0.3) is 0 Å². The molecule has 9 nitrogen and oxygen atoms in total. The van der Waals surface area contributed by atoms with Crippen molar-refractivity contribution in [2.45, 2.75) is 44.4 Å². The van der Waals surface area contributed by atoms with Gasteiger partial charge in [0.05, 0.1) is 41.9 Å². The topological polar surface area (TPSA) is 113 Å². The fourth-order valence-electron chi connectivity index (χ4n) is 6.13. The second kappa shape index (κ2) is 10.2. The number of halogens is 2. The first-order valence-electron chi connectivity index (χ1n) is 13.2. The van der Waals surface area contributed by atoms with Crippen molar-refractivity contribution in [3.8, 4) is 5.75 Å². The van der Waals surface area contributed by atoms with Gasteiger partial charge >= 0.3 is 5.97 Å². The number of esters is 1. The smallest absolute Gasteiger partial charge is 0.340 e. The van der Waals surface area contributed by atoms with Crippen LogP contribution in [-0.4, -0.2) is 36.3 Å². The van der Waals surface area contributed by atoms with Crippen molar-refractivity contribution in [2.75, 3.05) is 18.6 Å². The molecule has 1 fully saturated rings. The van der Waals surface area contributed by atoms with Gasteiger partial charge in [-0.2, -0.15) is 0 Å². The van der Waals surface area contributed by atoms with E-state index >= 15 is 0 Å². The average molecular weight is 596 g/mol. The summed E-state index contributed by atoms with van der Waals surface area (Å²) in [6.07, 6.45) is 1.56. The Hall–Kier alpha value is -3.79. The molecule has 0 aliphatic carbocycles. The lowest BCUT2D eigenvalue weighted by atomic mass is 9.68. The Balaban J connectivity index is 1.62. The number of para-hydroxylation sites is 1. The van der Waals surface area contributed by atoms with Crippen molar-refractivity contribution in [3.05, 3.63) is 103 Å². The number of amides is 1. The number of hydrogen-bond acceptors (Lipinski definition) is 7. The molecule has 212 valence electrons. The number of fused-ring (bicyclic) bond motifs is 4. The second-order valence-corrected chi connectivity index (χ2v) is 11.1. The highest BCUT2D eigenvalue weighted by Crippen LogP contribution is 2.55. The van der Waals surface area contributed by atoms with Gasteiger partial charge in [0.2, 0.25) is 11.8 Å². The minimum absolute atomic E-state index is 0.00443. The second-order valence-electron chi connectivity index (χ2n) is 10.3. The molecule has 3 aliphatic heterocycles. The van der Waals surface area contributed by atoms with Crippen molar-refractivity contribution < 1.29 is 23.8 Å². The largest absolute Gasteiger partial charge is 0.465 e. The number of rotatable bonds is 5. The van der Waals surface area contributed by atoms with Crippen LogP contribution in [0.2, 0.25) is 10.0 Å². The Labute approximate surface area is 246 Å². The fraction of sp³-hybridized carbons (Fsp3) is 0.300. The zero-order chi connectivity index (χ0) is 29.1. The minimum atomic E-state index is -1.92. The van der Waals surface area contributed by atoms with Gasteiger partial charge in [-0.3, -0.25) is 9.59 Å². The van der Waals surface area contributed by atoms with Gasteiger partial charge in [-0.05, 0) is 43.5 Å². The molecular formula is C30H27Cl2N3O6. The van der Waals surface area contributed by atoms with Crippen LogP contribution in [0.4, 0.5) is 5.69 Å². The number of carbonyl (C=O) groups excluding carboxylic acids is 2. The van der Waals surface area contributed by atoms with Crippen LogP contribution >= 0.6 is 23.2 Å². The number of nitrogens with two attached hydrogens (primary N) is 1. The zero-order valence-electron chi connectivity index (χ0n) is 22.4. The number of aromatic nitrogens is 1. The SMILES string of the molecule is COC(=O)C1=C(N)Oc2cc(C)n(C[C@@H]3CCCO3)c(=O)c2[C@]12C(=O)N(Cc1ccc(Cl)c(Cl)c1)c1ccccc12. The molecule has 6 rings (SSSR count). The molecule has 3 aliphatic rings. The first kappa shape index (κ1) is 27.4. The van der Waals surface area contributed by atoms with Crippen LogP contribution in [0.1, 0.15) is 35.2 Å². The normalized spacial score (nSPS) is 21.2. The number of nitrogens with zero attached hydrogens (tertiary/aromatic N) is 2. The van der Waals surface area contributed by atoms with Gasteiger partial charge in [-0.15, -0.1) is 0 Å². The van der Waals surface area contributed by atoms with E-state index in [1.165, 1.54) is 12.0 Å². The Morgan fingerprint density at radius 2 is 1.93 bits per heavy atom. The molecule has 1 amide bonds. The molecule has 4 heterocycles. The van der Waals surface area contributed by atoms with Crippen LogP contribution in [0.5, 0.6) is 5.75 Å². The quantitative estimate of drug-likeness (QED) is 0.439. The molecule has 0 bridgehead atoms. The molecular weight excluding hydrogens is 569 g/mol. The van der Waals surface area contributed by atoms with Gasteiger partial charge in [-0.25, -0.2) is 4.79 Å². The molecule has 0 unspecified atom stereocenters. The number of anilines is 1. The monoisotopic (exact) mass is 595 g/mol. The van der Waals surface area contributed by atoms with Gasteiger partial charge in [0.1, 0.15) is 16.7 Å². The molecule has 41 heavy (non-hydrogen) atoms. The summed E-state index contributed by atoms with van der Waals surface area (Å²) >= 11 is 12.4. The third kappa shape index (κ3) is 4.14. The van der Waals surface area contributed by atoms with Gasteiger partial charge in [0.15, 0.2) is 0 Å². The lowest BCUT2D eigenvalue weighted by molar-refractivity contribution is -0.138. The highest BCUT2D eigenvalue weighted by Gasteiger charge is 2.62. The standard InChI is InChI=1S/C30H27Cl2N3O6/c1-16-12-23-24(27(36)34(16)15-18-6-5-11-40-18)30(25(26(33)41-23)28(37)39-2)19-7-3-4-8-22(19)35(29(30)38)14-17-9-10-20(31)21(32)13-17/h3-4,7-10,12-13,18H,5-6,11,14-15,33H2,1-2H3/t18-,30-/m0/s1. The van der Waals surface area contributed by atoms with E-state index in [0.717, 1.165) is 12.8 Å². The Kier molecular flexibility index (Phi) is 6.84. The summed E-state index contributed by atoms with van der Waals surface area (Å²) in [7, 11) is 1.19. The zero-order valence-corrected chi connectivity index (χ0v) is 23.9. The van der Waals surface area contributed by atoms with Crippen molar-refractivity contribution in [3.63, 3.8) is 0 Å². The number of carbonyl (C=O) groups is 2. The Bertz CT molecular complexity index is 1690. The fourth-order valence-corrected chi connectivity index (χ4v) is 6.45. The van der Waals surface area contributed by atoms with Gasteiger partial charge < -0.3 is 29.4 Å². The number of pyridine rings is 1. The van der Waals surface area contributed by atoms with Gasteiger partial charge in [0, 0.05) is 29.6 Å². The molecule has 11 heteroatoms. The van der Waals surface area contributed by atoms with Crippen molar-refractivity contribution in [1.29, 1.82) is 0 Å². The van der Waals surface area contributed by atoms with Crippen LogP contribution in [0.3, 0.4) is 0 Å². The lowest BCUT2D eigenvalue weighted by Crippen LogP contribution is -2.52. The number of aryl methyl sites for hydroxylation is 1. The van der Waals surface area contributed by atoms with E-state index in [9.17, 15) is 14.4 Å². The molecule has 3 aromatic rings. The van der Waals surface area contributed by atoms with E-state index in [0.29, 0.717) is 45.7 Å². The molecule has 1 spiro atoms. The maximum atomic E-state index is 14.9. The number of methoxy groups -OCH3 is 1. The highest BCUT2D eigenvalue weighted by molar-refractivity contribution is 6.42. The van der Waals surface area contributed by atoms with Crippen LogP contribution in [0, 0.1) is 6.92 Å². The maximum Gasteiger partial charge on any atom is 0.340 e. The molecule has 0 radical (unpaired) electrons. The third-order valence-corrected chi connectivity index (χ3v) is 8.72. The van der Waals surface area contributed by atoms with E-state index in [2.05, 4.69) is 0 Å². The van der Waals surface area contributed by atoms with Gasteiger partial charge in [-0.1, -0.05) is 47.5 Å². The molecule has 2 N–H and O–H groups in total. The van der Waals surface area contributed by atoms with Gasteiger partial charge in [0.25, 0.3) is 5.56 Å². The number of ether oxygens (including phenoxy) is 3. The van der Waals surface area contributed by atoms with E-state index < -0.39 is 22.9 Å². The predicted molar refractivity (Wildman–Crippen MR) is 153 cm³/mol. The Morgan fingerprint density at radius 3 is 2.63 bits per heavy atom. The van der Waals surface area contributed by atoms with E-state index in [1.54, 1.807) is 60.0 Å². The molecule has 1 saturated heterocycles. The van der Waals surface area contributed by atoms with E-state index in [1.807, 2.05) is 0 Å². The molecule has 2 aromatic carbocycles. The van der Waals surface area contributed by atoms with Crippen molar-refractivity contribution in [2.24, 2.45) is 5.73 Å². The molecule has 2 atom stereocenters. The highest BCUT2D eigenvalue weighted by atomic mass is 35.5. The lowest BCUT2D eigenvalue weighted by Gasteiger charge is -2.36. The van der Waals surface area contributed by atoms with Crippen LogP contribution in [0.15, 0.2) is 64.8 Å². The number of benzene rings is 2. The van der Waals surface area contributed by atoms with Crippen molar-refractivity contribution in [1.82, 2.24) is 4.57 Å². The Morgan fingerprint density at radius 1 is 1.15 bits per heavy atom. The predicted octanol–water partition coefficient (Wildman–Crippen LogP) is 4.21. The first-order chi connectivity index (χ1) is 19.7. The average Bonchev–Trinajstić information content (AvgIpc) is 3.54. The number of hydrogen-bond donors (Lipinski definition) is 1. The summed E-state index contributed by atoms with van der Waals surface area (Å²) in [5.41, 5.74) is 5.99. The molecule has 0 saturated carbocycles. The summed E-state index contributed by atoms with van der Waals surface area (Å²) in [6, 6.07) is 13.8. The van der Waals surface area contributed by atoms with Crippen LogP contribution in [-0.2, 0) is 37.6 Å². The summed E-state index contributed by atoms with van der Waals surface area (Å²) in [5, 5.41) is 0.714. The summed E-state index contributed by atoms with van der Waals surface area (Å²) in [4.78, 5) is 44.3. The van der Waals surface area contributed by atoms with Crippen molar-refractivity contribution >= 4 is 40.8 Å². The maximum absolute atomic E-state index is 14.9. The summed E-state index contributed by atoms with van der Waals surface area (Å²) in [5.74, 6) is -1.61. The minimum Gasteiger partial charge on any atom is -0.465 e.